The Morgan fingerprint density at radius 2 is 1.77 bits per heavy atom. The molecule has 0 fully saturated rings. The highest BCUT2D eigenvalue weighted by atomic mass is 28.1. The summed E-state index contributed by atoms with van der Waals surface area (Å²) in [6.45, 7) is 0. The van der Waals surface area contributed by atoms with Gasteiger partial charge in [-0.15, -0.1) is 0 Å². The summed E-state index contributed by atoms with van der Waals surface area (Å²) in [4.78, 5) is 0. The van der Waals surface area contributed by atoms with Gasteiger partial charge >= 0.3 is 0 Å². The number of hydrogen-bond acceptors (Lipinski definition) is 4. The summed E-state index contributed by atoms with van der Waals surface area (Å²) in [6, 6.07) is 0. The van der Waals surface area contributed by atoms with E-state index in [0.29, 0.717) is 12.3 Å². The second-order valence-electron chi connectivity index (χ2n) is 2.42. The van der Waals surface area contributed by atoms with Gasteiger partial charge in [0.1, 0.15) is 0 Å². The zero-order chi connectivity index (χ0) is 9.40. The molecule has 0 spiro atoms. The molecule has 80 valence electrons. The van der Waals surface area contributed by atoms with E-state index in [1.54, 1.807) is 14.2 Å². The fourth-order valence-electron chi connectivity index (χ4n) is 0.863. The molecule has 0 bridgehead atoms. The largest absolute Gasteiger partial charge is 0.484 e. The number of ether oxygens (including phenoxy) is 3. The van der Waals surface area contributed by atoms with Gasteiger partial charge < -0.3 is 14.2 Å². The molecule has 0 aliphatic carbocycles. The molecule has 0 radical (unpaired) electrons. The van der Waals surface area contributed by atoms with E-state index in [2.05, 4.69) is 0 Å². The summed E-state index contributed by atoms with van der Waals surface area (Å²) in [5.74, 6) is 0.306. The molecule has 0 aromatic heterocycles. The lowest BCUT2D eigenvalue weighted by Crippen LogP contribution is -2.13. The van der Waals surface area contributed by atoms with Crippen molar-refractivity contribution >= 4 is 16.9 Å². The monoisotopic (exact) mass is 207 g/mol. The van der Waals surface area contributed by atoms with Crippen molar-refractivity contribution in [3.05, 3.63) is 0 Å². The first-order valence-electron chi connectivity index (χ1n) is 3.91. The van der Waals surface area contributed by atoms with Crippen molar-refractivity contribution in [1.82, 2.24) is 0 Å². The molecule has 0 heterocycles. The summed E-state index contributed by atoms with van der Waals surface area (Å²) >= 11 is 0. The van der Waals surface area contributed by atoms with Crippen LogP contribution in [0.15, 0.2) is 0 Å². The third kappa shape index (κ3) is 7.95. The topological polar surface area (TPSA) is 51.5 Å². The fourth-order valence-corrected chi connectivity index (χ4v) is 0.863. The van der Waals surface area contributed by atoms with Crippen LogP contribution in [0.3, 0.4) is 0 Å². The first kappa shape index (κ1) is 15.1. The maximum absolute atomic E-state index is 7.19. The zero-order valence-corrected chi connectivity index (χ0v) is 7.92. The summed E-state index contributed by atoms with van der Waals surface area (Å²) < 4.78 is 14.7. The molecule has 0 saturated carbocycles. The number of methoxy groups -OCH3 is 3. The summed E-state index contributed by atoms with van der Waals surface area (Å²) in [5, 5.41) is 7.19. The standard InChI is InChI=1S/C8H17NO3.H4Si/c1-10-7(9)5-4-6-8(11-2)12-3;/h8-9H,4-6H2,1-3H3;1H4. The van der Waals surface area contributed by atoms with Crippen LogP contribution in [-0.2, 0) is 14.2 Å². The van der Waals surface area contributed by atoms with Crippen LogP contribution in [-0.4, -0.2) is 44.5 Å². The quantitative estimate of drug-likeness (QED) is 0.287. The molecule has 4 nitrogen and oxygen atoms in total. The molecule has 0 saturated heterocycles. The van der Waals surface area contributed by atoms with E-state index in [1.807, 2.05) is 0 Å². The average molecular weight is 207 g/mol. The van der Waals surface area contributed by atoms with Gasteiger partial charge in [-0.1, -0.05) is 0 Å². The highest BCUT2D eigenvalue weighted by Crippen LogP contribution is 2.05. The van der Waals surface area contributed by atoms with Crippen molar-refractivity contribution in [2.75, 3.05) is 21.3 Å². The second kappa shape index (κ2) is 9.69. The minimum absolute atomic E-state index is 0. The molecule has 13 heavy (non-hydrogen) atoms. The molecule has 0 aliphatic heterocycles. The van der Waals surface area contributed by atoms with Gasteiger partial charge in [0.05, 0.1) is 7.11 Å². The predicted molar refractivity (Wildman–Crippen MR) is 57.7 cm³/mol. The average Bonchev–Trinajstić information content (AvgIpc) is 2.12. The summed E-state index contributed by atoms with van der Waals surface area (Å²) in [6.07, 6.45) is 2.12. The maximum atomic E-state index is 7.19. The van der Waals surface area contributed by atoms with Gasteiger partial charge in [-0.25, -0.2) is 0 Å². The Hall–Kier alpha value is -0.393. The Labute approximate surface area is 84.1 Å². The van der Waals surface area contributed by atoms with E-state index >= 15 is 0 Å². The molecule has 0 rings (SSSR count). The van der Waals surface area contributed by atoms with E-state index in [0.717, 1.165) is 12.8 Å². The molecule has 0 atom stereocenters. The van der Waals surface area contributed by atoms with Crippen LogP contribution in [0.5, 0.6) is 0 Å². The minimum atomic E-state index is -0.158. The van der Waals surface area contributed by atoms with Crippen LogP contribution in [0.1, 0.15) is 19.3 Å². The predicted octanol–water partition coefficient (Wildman–Crippen LogP) is -0.0523. The van der Waals surface area contributed by atoms with E-state index in [-0.39, 0.29) is 17.3 Å². The Bertz CT molecular complexity index is 129. The lowest BCUT2D eigenvalue weighted by Gasteiger charge is -2.12. The van der Waals surface area contributed by atoms with Crippen molar-refractivity contribution in [1.29, 1.82) is 5.41 Å². The highest BCUT2D eigenvalue weighted by molar-refractivity contribution is 5.75. The molecular formula is C8H21NO3Si. The maximum Gasteiger partial charge on any atom is 0.180 e. The van der Waals surface area contributed by atoms with Crippen molar-refractivity contribution in [3.8, 4) is 0 Å². The lowest BCUT2D eigenvalue weighted by atomic mass is 10.2. The first-order valence-corrected chi connectivity index (χ1v) is 3.91. The highest BCUT2D eigenvalue weighted by Gasteiger charge is 2.05. The third-order valence-electron chi connectivity index (χ3n) is 1.62. The van der Waals surface area contributed by atoms with Crippen LogP contribution < -0.4 is 0 Å². The molecule has 0 aromatic rings. The number of nitrogens with one attached hydrogen (secondary N) is 1. The Morgan fingerprint density at radius 3 is 2.15 bits per heavy atom. The summed E-state index contributed by atoms with van der Waals surface area (Å²) in [5.41, 5.74) is 0. The van der Waals surface area contributed by atoms with Crippen molar-refractivity contribution in [2.45, 2.75) is 25.6 Å². The fraction of sp³-hybridized carbons (Fsp3) is 0.875. The van der Waals surface area contributed by atoms with Crippen molar-refractivity contribution in [2.24, 2.45) is 0 Å². The molecule has 1 N–H and O–H groups in total. The smallest absolute Gasteiger partial charge is 0.180 e. The van der Waals surface area contributed by atoms with Crippen LogP contribution >= 0.6 is 0 Å². The van der Waals surface area contributed by atoms with Gasteiger partial charge in [0.25, 0.3) is 0 Å². The Kier molecular flexibility index (Phi) is 11.3. The van der Waals surface area contributed by atoms with Gasteiger partial charge in [0.2, 0.25) is 0 Å². The van der Waals surface area contributed by atoms with Gasteiger partial charge in [-0.3, -0.25) is 5.41 Å². The normalized spacial score (nSPS) is 9.54. The minimum Gasteiger partial charge on any atom is -0.484 e. The Morgan fingerprint density at radius 1 is 1.23 bits per heavy atom. The van der Waals surface area contributed by atoms with E-state index < -0.39 is 0 Å². The molecule has 0 aromatic carbocycles. The third-order valence-corrected chi connectivity index (χ3v) is 1.62. The van der Waals surface area contributed by atoms with E-state index in [1.165, 1.54) is 7.11 Å². The van der Waals surface area contributed by atoms with E-state index in [9.17, 15) is 0 Å². The van der Waals surface area contributed by atoms with Gasteiger partial charge in [-0.2, -0.15) is 0 Å². The number of rotatable bonds is 6. The van der Waals surface area contributed by atoms with Crippen LogP contribution in [0.25, 0.3) is 0 Å². The van der Waals surface area contributed by atoms with Crippen LogP contribution in [0.2, 0.25) is 0 Å². The molecule has 0 amide bonds. The number of hydrogen-bond donors (Lipinski definition) is 1. The second-order valence-corrected chi connectivity index (χ2v) is 2.42. The SMILES string of the molecule is COC(=N)CCCC(OC)OC.[SiH4]. The van der Waals surface area contributed by atoms with Crippen LogP contribution in [0, 0.1) is 5.41 Å². The van der Waals surface area contributed by atoms with E-state index in [4.69, 9.17) is 19.6 Å². The van der Waals surface area contributed by atoms with Gasteiger partial charge in [0.15, 0.2) is 12.2 Å². The lowest BCUT2D eigenvalue weighted by molar-refractivity contribution is -0.106. The molecule has 5 heteroatoms. The molecular weight excluding hydrogens is 186 g/mol. The summed E-state index contributed by atoms with van der Waals surface area (Å²) in [7, 11) is 4.72. The molecule has 0 aliphatic rings. The molecule has 0 unspecified atom stereocenters. The van der Waals surface area contributed by atoms with Crippen molar-refractivity contribution in [3.63, 3.8) is 0 Å². The Balaban J connectivity index is 0. The van der Waals surface area contributed by atoms with Gasteiger partial charge in [0, 0.05) is 20.6 Å². The van der Waals surface area contributed by atoms with Crippen molar-refractivity contribution < 1.29 is 14.2 Å². The van der Waals surface area contributed by atoms with Crippen LogP contribution in [0.4, 0.5) is 0 Å². The first-order chi connectivity index (χ1) is 5.74. The zero-order valence-electron chi connectivity index (χ0n) is 7.92. The van der Waals surface area contributed by atoms with Gasteiger partial charge in [-0.05, 0) is 23.8 Å².